The summed E-state index contributed by atoms with van der Waals surface area (Å²) in [6, 6.07) is 3.83. The highest BCUT2D eigenvalue weighted by molar-refractivity contribution is 5.84. The molecule has 0 spiro atoms. The third-order valence-corrected chi connectivity index (χ3v) is 2.55. The molecule has 6 heteroatoms. The van der Waals surface area contributed by atoms with Crippen molar-refractivity contribution in [2.45, 2.75) is 12.2 Å². The average Bonchev–Trinajstić information content (AvgIpc) is 2.69. The van der Waals surface area contributed by atoms with Gasteiger partial charge in [-0.2, -0.15) is 0 Å². The molecule has 2 rings (SSSR count). The largest absolute Gasteiger partial charge is 0.479 e. The van der Waals surface area contributed by atoms with Crippen molar-refractivity contribution in [3.63, 3.8) is 0 Å². The first kappa shape index (κ1) is 11.6. The van der Waals surface area contributed by atoms with E-state index in [-0.39, 0.29) is 5.56 Å². The first-order valence-electron chi connectivity index (χ1n) is 4.86. The summed E-state index contributed by atoms with van der Waals surface area (Å²) in [5, 5.41) is 28.0. The summed E-state index contributed by atoms with van der Waals surface area (Å²) in [5.41, 5.74) is 0.645. The van der Waals surface area contributed by atoms with E-state index in [4.69, 9.17) is 5.11 Å². The van der Waals surface area contributed by atoms with Gasteiger partial charge in [0.1, 0.15) is 11.9 Å². The molecule has 1 aromatic heterocycles. The second kappa shape index (κ2) is 4.15. The van der Waals surface area contributed by atoms with Crippen LogP contribution >= 0.6 is 0 Å². The highest BCUT2D eigenvalue weighted by Crippen LogP contribution is 2.26. The maximum absolute atomic E-state index is 12.9. The lowest BCUT2D eigenvalue weighted by Crippen LogP contribution is -2.27. The Balaban J connectivity index is 2.46. The number of hydrogen-bond donors (Lipinski definition) is 4. The summed E-state index contributed by atoms with van der Waals surface area (Å²) in [5.74, 6) is -1.96. The number of nitrogens with one attached hydrogen (secondary N) is 1. The maximum atomic E-state index is 12.9. The molecular weight excluding hydrogens is 229 g/mol. The van der Waals surface area contributed by atoms with E-state index >= 15 is 0 Å². The zero-order chi connectivity index (χ0) is 12.6. The Bertz CT molecular complexity index is 566. The molecule has 0 saturated carbocycles. The van der Waals surface area contributed by atoms with Crippen molar-refractivity contribution >= 4 is 16.9 Å². The number of carbonyl (C=O) groups is 1. The van der Waals surface area contributed by atoms with Crippen molar-refractivity contribution in [3.05, 3.63) is 35.8 Å². The minimum Gasteiger partial charge on any atom is -0.479 e. The molecule has 2 unspecified atom stereocenters. The molecule has 5 nitrogen and oxygen atoms in total. The van der Waals surface area contributed by atoms with Gasteiger partial charge in [-0.3, -0.25) is 0 Å². The second-order valence-electron chi connectivity index (χ2n) is 3.66. The Morgan fingerprint density at radius 3 is 2.71 bits per heavy atom. The number of aliphatic hydroxyl groups is 2. The number of fused-ring (bicyclic) bond motifs is 1. The van der Waals surface area contributed by atoms with E-state index in [9.17, 15) is 19.4 Å². The number of aliphatic hydroxyl groups excluding tert-OH is 2. The third kappa shape index (κ3) is 2.00. The zero-order valence-electron chi connectivity index (χ0n) is 8.59. The van der Waals surface area contributed by atoms with Crippen molar-refractivity contribution < 1.29 is 24.5 Å². The van der Waals surface area contributed by atoms with Crippen LogP contribution < -0.4 is 0 Å². The molecule has 1 aromatic carbocycles. The van der Waals surface area contributed by atoms with Crippen molar-refractivity contribution in [2.24, 2.45) is 0 Å². The van der Waals surface area contributed by atoms with Crippen LogP contribution in [0.1, 0.15) is 11.7 Å². The molecule has 2 aromatic rings. The number of aliphatic carboxylic acids is 1. The molecular formula is C11H10FNO4. The van der Waals surface area contributed by atoms with Gasteiger partial charge in [-0.05, 0) is 18.2 Å². The van der Waals surface area contributed by atoms with Gasteiger partial charge in [0.15, 0.2) is 6.10 Å². The average molecular weight is 239 g/mol. The van der Waals surface area contributed by atoms with E-state index in [1.807, 2.05) is 0 Å². The molecule has 2 atom stereocenters. The van der Waals surface area contributed by atoms with Crippen LogP contribution in [0.3, 0.4) is 0 Å². The van der Waals surface area contributed by atoms with Crippen LogP contribution in [-0.4, -0.2) is 32.4 Å². The minimum absolute atomic E-state index is 0.218. The number of H-pyrrole nitrogens is 1. The Morgan fingerprint density at radius 1 is 1.35 bits per heavy atom. The lowest BCUT2D eigenvalue weighted by atomic mass is 10.0. The monoisotopic (exact) mass is 239 g/mol. The van der Waals surface area contributed by atoms with Gasteiger partial charge in [0.25, 0.3) is 0 Å². The lowest BCUT2D eigenvalue weighted by molar-refractivity contribution is -0.153. The number of aromatic nitrogens is 1. The summed E-state index contributed by atoms with van der Waals surface area (Å²) in [7, 11) is 0. The van der Waals surface area contributed by atoms with Gasteiger partial charge in [-0.15, -0.1) is 0 Å². The van der Waals surface area contributed by atoms with Gasteiger partial charge in [0.05, 0.1) is 0 Å². The Morgan fingerprint density at radius 2 is 2.06 bits per heavy atom. The summed E-state index contributed by atoms with van der Waals surface area (Å²) < 4.78 is 12.9. The number of carboxylic acid groups (broad SMARTS) is 1. The molecule has 0 aliphatic heterocycles. The topological polar surface area (TPSA) is 93.6 Å². The predicted octanol–water partition coefficient (Wildman–Crippen LogP) is 0.786. The molecule has 0 radical (unpaired) electrons. The SMILES string of the molecule is O=C(O)C(O)C(O)c1c[nH]c2cc(F)ccc12. The molecule has 17 heavy (non-hydrogen) atoms. The number of benzene rings is 1. The van der Waals surface area contributed by atoms with E-state index in [2.05, 4.69) is 4.98 Å². The minimum atomic E-state index is -1.92. The molecule has 90 valence electrons. The van der Waals surface area contributed by atoms with Crippen molar-refractivity contribution in [3.8, 4) is 0 Å². The number of carboxylic acids is 1. The van der Waals surface area contributed by atoms with Crippen molar-refractivity contribution in [2.75, 3.05) is 0 Å². The Kier molecular flexibility index (Phi) is 2.83. The molecule has 0 bridgehead atoms. The standard InChI is InChI=1S/C11H10FNO4/c12-5-1-2-6-7(4-13-8(6)3-5)9(14)10(15)11(16)17/h1-4,9-10,13-15H,(H,16,17). The normalized spacial score (nSPS) is 14.8. The number of halogens is 1. The molecule has 4 N–H and O–H groups in total. The van der Waals surface area contributed by atoms with Gasteiger partial charge in [-0.1, -0.05) is 0 Å². The van der Waals surface area contributed by atoms with E-state index in [1.54, 1.807) is 0 Å². The zero-order valence-corrected chi connectivity index (χ0v) is 8.59. The Labute approximate surface area is 95.1 Å². The van der Waals surface area contributed by atoms with Crippen LogP contribution in [0.15, 0.2) is 24.4 Å². The summed E-state index contributed by atoms with van der Waals surface area (Å²) >= 11 is 0. The summed E-state index contributed by atoms with van der Waals surface area (Å²) in [4.78, 5) is 13.2. The fraction of sp³-hybridized carbons (Fsp3) is 0.182. The fourth-order valence-electron chi connectivity index (χ4n) is 1.67. The van der Waals surface area contributed by atoms with Gasteiger partial charge in [0, 0.05) is 22.7 Å². The molecule has 0 fully saturated rings. The second-order valence-corrected chi connectivity index (χ2v) is 3.66. The van der Waals surface area contributed by atoms with Crippen LogP contribution in [0.2, 0.25) is 0 Å². The van der Waals surface area contributed by atoms with Gasteiger partial charge in [-0.25, -0.2) is 9.18 Å². The van der Waals surface area contributed by atoms with Gasteiger partial charge in [0.2, 0.25) is 0 Å². The number of rotatable bonds is 3. The molecule has 0 aliphatic carbocycles. The maximum Gasteiger partial charge on any atom is 0.335 e. The highest BCUT2D eigenvalue weighted by atomic mass is 19.1. The van der Waals surface area contributed by atoms with Crippen LogP contribution in [0, 0.1) is 5.82 Å². The van der Waals surface area contributed by atoms with Gasteiger partial charge >= 0.3 is 5.97 Å². The Hall–Kier alpha value is -1.92. The van der Waals surface area contributed by atoms with E-state index < -0.39 is 24.0 Å². The number of hydrogen-bond acceptors (Lipinski definition) is 3. The van der Waals surface area contributed by atoms with Gasteiger partial charge < -0.3 is 20.3 Å². The quantitative estimate of drug-likeness (QED) is 0.637. The number of aromatic amines is 1. The van der Waals surface area contributed by atoms with E-state index in [0.29, 0.717) is 10.9 Å². The van der Waals surface area contributed by atoms with Crippen LogP contribution in [0.5, 0.6) is 0 Å². The first-order chi connectivity index (χ1) is 8.00. The highest BCUT2D eigenvalue weighted by Gasteiger charge is 2.27. The van der Waals surface area contributed by atoms with E-state index in [1.165, 1.54) is 24.4 Å². The third-order valence-electron chi connectivity index (χ3n) is 2.55. The lowest BCUT2D eigenvalue weighted by Gasteiger charge is -2.12. The first-order valence-corrected chi connectivity index (χ1v) is 4.86. The molecule has 0 amide bonds. The van der Waals surface area contributed by atoms with Crippen LogP contribution in [0.25, 0.3) is 10.9 Å². The van der Waals surface area contributed by atoms with Crippen molar-refractivity contribution in [1.82, 2.24) is 4.98 Å². The summed E-state index contributed by atoms with van der Waals surface area (Å²) in [6.07, 6.45) is -2.13. The molecule has 1 heterocycles. The predicted molar refractivity (Wildman–Crippen MR) is 56.9 cm³/mol. The summed E-state index contributed by atoms with van der Waals surface area (Å²) in [6.45, 7) is 0. The van der Waals surface area contributed by atoms with Crippen molar-refractivity contribution in [1.29, 1.82) is 0 Å². The van der Waals surface area contributed by atoms with Crippen LogP contribution in [-0.2, 0) is 4.79 Å². The van der Waals surface area contributed by atoms with E-state index in [0.717, 1.165) is 0 Å². The smallest absolute Gasteiger partial charge is 0.335 e. The molecule has 0 aliphatic rings. The molecule has 0 saturated heterocycles. The fourth-order valence-corrected chi connectivity index (χ4v) is 1.67. The van der Waals surface area contributed by atoms with Crippen LogP contribution in [0.4, 0.5) is 4.39 Å².